The maximum atomic E-state index is 12.4. The molecule has 0 saturated carbocycles. The lowest BCUT2D eigenvalue weighted by Crippen LogP contribution is -2.46. The highest BCUT2D eigenvalue weighted by molar-refractivity contribution is 7.90. The fourth-order valence-electron chi connectivity index (χ4n) is 1.33. The molecule has 0 unspecified atom stereocenters. The van der Waals surface area contributed by atoms with E-state index in [2.05, 4.69) is 9.71 Å². The summed E-state index contributed by atoms with van der Waals surface area (Å²) >= 11 is 0. The molecule has 1 aliphatic rings. The van der Waals surface area contributed by atoms with Gasteiger partial charge in [0.2, 0.25) is 10.0 Å². The van der Waals surface area contributed by atoms with Gasteiger partial charge in [-0.3, -0.25) is 4.57 Å². The summed E-state index contributed by atoms with van der Waals surface area (Å²) in [5.41, 5.74) is 0. The Labute approximate surface area is 96.6 Å². The first kappa shape index (κ1) is 12.4. The summed E-state index contributed by atoms with van der Waals surface area (Å²) in [7, 11) is -3.52. The lowest BCUT2D eigenvalue weighted by molar-refractivity contribution is 0.0410. The van der Waals surface area contributed by atoms with Gasteiger partial charge in [-0.2, -0.15) is 8.78 Å². The lowest BCUT2D eigenvalue weighted by Gasteiger charge is -2.25. The third-order valence-corrected chi connectivity index (χ3v) is 4.13. The van der Waals surface area contributed by atoms with Gasteiger partial charge in [0, 0.05) is 12.4 Å². The monoisotopic (exact) mass is 267 g/mol. The summed E-state index contributed by atoms with van der Waals surface area (Å²) in [4.78, 5) is 3.67. The van der Waals surface area contributed by atoms with Crippen molar-refractivity contribution in [2.24, 2.45) is 0 Å². The van der Waals surface area contributed by atoms with Crippen LogP contribution < -0.4 is 4.72 Å². The molecule has 2 heterocycles. The van der Waals surface area contributed by atoms with Crippen LogP contribution in [0.15, 0.2) is 12.4 Å². The fourth-order valence-corrected chi connectivity index (χ4v) is 2.45. The molecule has 0 aliphatic carbocycles. The van der Waals surface area contributed by atoms with Gasteiger partial charge in [0.05, 0.1) is 19.8 Å². The molecule has 1 aromatic rings. The molecule has 6 nitrogen and oxygen atoms in total. The number of hydrogen-bond acceptors (Lipinski definition) is 4. The van der Waals surface area contributed by atoms with Crippen LogP contribution in [0.4, 0.5) is 8.78 Å². The number of halogens is 2. The molecule has 1 saturated heterocycles. The Balaban J connectivity index is 2.00. The van der Waals surface area contributed by atoms with Crippen LogP contribution >= 0.6 is 0 Å². The van der Waals surface area contributed by atoms with Crippen molar-refractivity contribution in [1.29, 1.82) is 0 Å². The fraction of sp³-hybridized carbons (Fsp3) is 0.625. The summed E-state index contributed by atoms with van der Waals surface area (Å²) in [6.45, 7) is -2.71. The molecule has 1 fully saturated rings. The van der Waals surface area contributed by atoms with E-state index in [1.165, 1.54) is 6.20 Å². The largest absolute Gasteiger partial charge is 0.378 e. The molecule has 9 heteroatoms. The first-order chi connectivity index (χ1) is 8.00. The molecule has 96 valence electrons. The van der Waals surface area contributed by atoms with Crippen LogP contribution in [0, 0.1) is 0 Å². The van der Waals surface area contributed by atoms with Gasteiger partial charge in [-0.15, -0.1) is 0 Å². The summed E-state index contributed by atoms with van der Waals surface area (Å²) in [6.07, 6.45) is 2.29. The van der Waals surface area contributed by atoms with Gasteiger partial charge in [0.15, 0.2) is 0 Å². The molecular weight excluding hydrogens is 256 g/mol. The van der Waals surface area contributed by atoms with Crippen LogP contribution in [0.3, 0.4) is 0 Å². The number of sulfonamides is 1. The molecule has 1 aromatic heterocycles. The average molecular weight is 267 g/mol. The summed E-state index contributed by atoms with van der Waals surface area (Å²) in [5, 5.41) is -0.600. The summed E-state index contributed by atoms with van der Waals surface area (Å²) in [5.74, 6) is -0.0242. The predicted molar refractivity (Wildman–Crippen MR) is 53.8 cm³/mol. The minimum Gasteiger partial charge on any atom is -0.378 e. The Morgan fingerprint density at radius 1 is 1.59 bits per heavy atom. The number of rotatable bonds is 5. The third-order valence-electron chi connectivity index (χ3n) is 2.44. The van der Waals surface area contributed by atoms with Crippen molar-refractivity contribution in [3.63, 3.8) is 0 Å². The van der Waals surface area contributed by atoms with E-state index in [1.807, 2.05) is 0 Å². The van der Waals surface area contributed by atoms with Gasteiger partial charge in [-0.1, -0.05) is 0 Å². The molecule has 0 amide bonds. The first-order valence-electron chi connectivity index (χ1n) is 4.87. The molecule has 0 atom stereocenters. The van der Waals surface area contributed by atoms with Crippen LogP contribution in [0.1, 0.15) is 12.4 Å². The van der Waals surface area contributed by atoms with E-state index in [-0.39, 0.29) is 25.6 Å². The maximum Gasteiger partial charge on any atom is 0.319 e. The Kier molecular flexibility index (Phi) is 3.40. The van der Waals surface area contributed by atoms with Crippen molar-refractivity contribution in [3.05, 3.63) is 18.2 Å². The molecule has 0 bridgehead atoms. The highest BCUT2D eigenvalue weighted by Crippen LogP contribution is 2.14. The first-order valence-corrected chi connectivity index (χ1v) is 6.41. The average Bonchev–Trinajstić information content (AvgIpc) is 2.58. The van der Waals surface area contributed by atoms with Crippen molar-refractivity contribution in [1.82, 2.24) is 14.3 Å². The van der Waals surface area contributed by atoms with Crippen LogP contribution in [0.2, 0.25) is 0 Å². The topological polar surface area (TPSA) is 73.2 Å². The van der Waals surface area contributed by atoms with E-state index >= 15 is 0 Å². The SMILES string of the molecule is O=S(=O)(NCc1nccn1C(F)F)C1COC1. The number of imidazole rings is 1. The Morgan fingerprint density at radius 2 is 2.29 bits per heavy atom. The minimum atomic E-state index is -3.52. The van der Waals surface area contributed by atoms with Gasteiger partial charge in [0.25, 0.3) is 0 Å². The summed E-state index contributed by atoms with van der Waals surface area (Å²) in [6, 6.07) is 0. The van der Waals surface area contributed by atoms with E-state index in [4.69, 9.17) is 4.74 Å². The van der Waals surface area contributed by atoms with Crippen molar-refractivity contribution in [2.75, 3.05) is 13.2 Å². The number of alkyl halides is 2. The van der Waals surface area contributed by atoms with E-state index in [9.17, 15) is 17.2 Å². The molecular formula is C8H11F2N3O3S. The Hall–Kier alpha value is -1.06. The summed E-state index contributed by atoms with van der Waals surface area (Å²) < 4.78 is 55.6. The Bertz CT molecular complexity index is 484. The van der Waals surface area contributed by atoms with Gasteiger partial charge in [-0.25, -0.2) is 18.1 Å². The van der Waals surface area contributed by atoms with Gasteiger partial charge < -0.3 is 4.74 Å². The number of nitrogens with zero attached hydrogens (tertiary/aromatic N) is 2. The zero-order valence-electron chi connectivity index (χ0n) is 8.71. The second-order valence-electron chi connectivity index (χ2n) is 3.55. The molecule has 17 heavy (non-hydrogen) atoms. The van der Waals surface area contributed by atoms with Crippen LogP contribution in [-0.4, -0.2) is 36.4 Å². The third kappa shape index (κ3) is 2.61. The molecule has 1 N–H and O–H groups in total. The molecule has 0 spiro atoms. The van der Waals surface area contributed by atoms with Crippen LogP contribution in [0.5, 0.6) is 0 Å². The number of ether oxygens (including phenoxy) is 1. The number of hydrogen-bond donors (Lipinski definition) is 1. The lowest BCUT2D eigenvalue weighted by atomic mass is 10.4. The van der Waals surface area contributed by atoms with Crippen LogP contribution in [0.25, 0.3) is 0 Å². The second-order valence-corrected chi connectivity index (χ2v) is 5.60. The standard InChI is InChI=1S/C8H11F2N3O3S/c9-8(10)13-2-1-11-7(13)3-12-17(14,15)6-4-16-5-6/h1-2,6,8,12H,3-5H2. The highest BCUT2D eigenvalue weighted by atomic mass is 32.2. The van der Waals surface area contributed by atoms with Crippen molar-refractivity contribution in [3.8, 4) is 0 Å². The van der Waals surface area contributed by atoms with Crippen molar-refractivity contribution < 1.29 is 21.9 Å². The zero-order valence-corrected chi connectivity index (χ0v) is 9.53. The smallest absolute Gasteiger partial charge is 0.319 e. The van der Waals surface area contributed by atoms with E-state index in [0.29, 0.717) is 4.57 Å². The number of nitrogens with one attached hydrogen (secondary N) is 1. The minimum absolute atomic E-state index is 0.0242. The maximum absolute atomic E-state index is 12.4. The highest BCUT2D eigenvalue weighted by Gasteiger charge is 2.32. The van der Waals surface area contributed by atoms with Crippen LogP contribution in [-0.2, 0) is 21.3 Å². The molecule has 1 aliphatic heterocycles. The van der Waals surface area contributed by atoms with E-state index in [0.717, 1.165) is 6.20 Å². The van der Waals surface area contributed by atoms with E-state index in [1.54, 1.807) is 0 Å². The predicted octanol–water partition coefficient (Wildman–Crippen LogP) is 0.0964. The Morgan fingerprint density at radius 3 is 2.82 bits per heavy atom. The molecule has 0 aromatic carbocycles. The van der Waals surface area contributed by atoms with Gasteiger partial charge in [0.1, 0.15) is 11.1 Å². The normalized spacial score (nSPS) is 17.4. The zero-order chi connectivity index (χ0) is 12.5. The molecule has 2 rings (SSSR count). The van der Waals surface area contributed by atoms with Crippen molar-refractivity contribution in [2.45, 2.75) is 18.3 Å². The molecule has 0 radical (unpaired) electrons. The van der Waals surface area contributed by atoms with Crippen molar-refractivity contribution >= 4 is 10.0 Å². The number of aromatic nitrogens is 2. The second kappa shape index (κ2) is 4.67. The quantitative estimate of drug-likeness (QED) is 0.821. The van der Waals surface area contributed by atoms with Gasteiger partial charge >= 0.3 is 6.55 Å². The van der Waals surface area contributed by atoms with E-state index < -0.39 is 21.8 Å². The van der Waals surface area contributed by atoms with Gasteiger partial charge in [-0.05, 0) is 0 Å².